The average molecular weight is 951 g/mol. The molecule has 0 amide bonds. The number of allylic oxidation sites excluding steroid dienone is 2. The van der Waals surface area contributed by atoms with Crippen molar-refractivity contribution in [2.24, 2.45) is 16.7 Å². The summed E-state index contributed by atoms with van der Waals surface area (Å²) in [6, 6.07) is 23.9. The molecule has 6 heteroatoms. The fourth-order valence-corrected chi connectivity index (χ4v) is 9.06. The average Bonchev–Trinajstić information content (AvgIpc) is 3.80. The molecule has 6 rings (SSSR count). The van der Waals surface area contributed by atoms with Gasteiger partial charge in [-0.15, -0.1) is 51.8 Å². The molecular formula is C49H60IrNO2S2-. The van der Waals surface area contributed by atoms with Gasteiger partial charge in [0, 0.05) is 52.8 Å². The maximum absolute atomic E-state index is 12.2. The fourth-order valence-electron chi connectivity index (χ4n) is 7.09. The molecule has 3 aromatic heterocycles. The SMILES string of the molecule is CCC(C)(CC)C(=O)/C=C(\O)C(C)(CC)CC.Cc1csc2c(-c3ccc(CC(C)C)c4sccc34)cc(-c3[c-]c4ccccc4c(C(C)(C)C)c3)nc12.[Ir]. The van der Waals surface area contributed by atoms with Crippen LogP contribution in [0.5, 0.6) is 0 Å². The number of aromatic nitrogens is 1. The van der Waals surface area contributed by atoms with Crippen LogP contribution in [-0.4, -0.2) is 15.9 Å². The van der Waals surface area contributed by atoms with Crippen LogP contribution in [0.2, 0.25) is 0 Å². The first kappa shape index (κ1) is 44.6. The first-order chi connectivity index (χ1) is 25.5. The van der Waals surface area contributed by atoms with Gasteiger partial charge in [-0.2, -0.15) is 0 Å². The zero-order valence-corrected chi connectivity index (χ0v) is 39.0. The van der Waals surface area contributed by atoms with Gasteiger partial charge in [0.2, 0.25) is 0 Å². The molecule has 0 aliphatic rings. The van der Waals surface area contributed by atoms with E-state index < -0.39 is 0 Å². The quantitative estimate of drug-likeness (QED) is 0.0800. The molecule has 0 atom stereocenters. The number of carbonyl (C=O) groups excluding carboxylic acids is 1. The molecule has 1 N–H and O–H groups in total. The van der Waals surface area contributed by atoms with Crippen LogP contribution in [-0.2, 0) is 36.7 Å². The number of carbonyl (C=O) groups is 1. The molecular weight excluding hydrogens is 891 g/mol. The van der Waals surface area contributed by atoms with Crippen LogP contribution in [0.4, 0.5) is 0 Å². The summed E-state index contributed by atoms with van der Waals surface area (Å²) in [5, 5.41) is 18.4. The van der Waals surface area contributed by atoms with Gasteiger partial charge in [-0.3, -0.25) is 9.78 Å². The minimum atomic E-state index is -0.337. The maximum atomic E-state index is 12.2. The van der Waals surface area contributed by atoms with Crippen molar-refractivity contribution in [3.8, 4) is 22.4 Å². The van der Waals surface area contributed by atoms with E-state index >= 15 is 0 Å². The molecule has 0 saturated carbocycles. The summed E-state index contributed by atoms with van der Waals surface area (Å²) in [5.41, 5.74) is 9.18. The van der Waals surface area contributed by atoms with Gasteiger partial charge in [-0.1, -0.05) is 124 Å². The Morgan fingerprint density at radius 1 is 0.836 bits per heavy atom. The number of hydrogen-bond acceptors (Lipinski definition) is 5. The minimum Gasteiger partial charge on any atom is -0.512 e. The molecule has 1 radical (unpaired) electrons. The van der Waals surface area contributed by atoms with Gasteiger partial charge >= 0.3 is 0 Å². The van der Waals surface area contributed by atoms with Crippen molar-refractivity contribution >= 4 is 59.5 Å². The molecule has 0 bridgehead atoms. The summed E-state index contributed by atoms with van der Waals surface area (Å²) in [6.45, 7) is 25.7. The Bertz CT molecular complexity index is 2290. The molecule has 0 unspecified atom stereocenters. The normalized spacial score (nSPS) is 12.6. The fraction of sp³-hybridized carbons (Fsp3) is 0.429. The van der Waals surface area contributed by atoms with Crippen LogP contribution < -0.4 is 0 Å². The molecule has 3 heterocycles. The van der Waals surface area contributed by atoms with E-state index in [0.717, 1.165) is 54.3 Å². The third-order valence-electron chi connectivity index (χ3n) is 11.8. The molecule has 3 nitrogen and oxygen atoms in total. The molecule has 0 spiro atoms. The molecule has 0 aliphatic carbocycles. The van der Waals surface area contributed by atoms with Crippen LogP contribution in [0.1, 0.15) is 119 Å². The van der Waals surface area contributed by atoms with Crippen molar-refractivity contribution in [1.29, 1.82) is 0 Å². The number of rotatable bonds is 11. The summed E-state index contributed by atoms with van der Waals surface area (Å²) in [5.74, 6) is 0.921. The Labute approximate surface area is 352 Å². The number of aryl methyl sites for hydroxylation is 1. The number of ketones is 1. The molecule has 3 aromatic carbocycles. The first-order valence-corrected chi connectivity index (χ1v) is 21.6. The minimum absolute atomic E-state index is 0. The van der Waals surface area contributed by atoms with Crippen LogP contribution in [0.15, 0.2) is 77.2 Å². The second kappa shape index (κ2) is 18.0. The monoisotopic (exact) mass is 951 g/mol. The van der Waals surface area contributed by atoms with E-state index in [0.29, 0.717) is 5.92 Å². The van der Waals surface area contributed by atoms with Gasteiger partial charge in [0.05, 0.1) is 10.2 Å². The van der Waals surface area contributed by atoms with E-state index in [9.17, 15) is 9.90 Å². The van der Waals surface area contributed by atoms with Gasteiger partial charge in [0.15, 0.2) is 5.78 Å². The zero-order valence-electron chi connectivity index (χ0n) is 35.0. The predicted octanol–water partition coefficient (Wildman–Crippen LogP) is 15.3. The van der Waals surface area contributed by atoms with Crippen molar-refractivity contribution in [1.82, 2.24) is 4.98 Å². The van der Waals surface area contributed by atoms with Gasteiger partial charge in [0.1, 0.15) is 5.76 Å². The Hall–Kier alpha value is -3.15. The standard InChI is InChI=1S/C34H32NS2.C15H28O2.Ir/c1-20(2)15-23-11-12-26(27-13-14-36-32(23)27)28-18-30(35-31-21(3)19-37-33(28)31)24-16-22-9-7-8-10-25(22)29(17-24)34(4,5)6;1-7-14(5,8-2)12(16)11-13(17)15(6,9-3)10-4;/h7-14,17-20H,15H2,1-6H3;11,16H,7-10H2,1-6H3;/q-1;;/b;12-11-;. The van der Waals surface area contributed by atoms with Crippen LogP contribution in [0.25, 0.3) is 53.5 Å². The largest absolute Gasteiger partial charge is 0.512 e. The Morgan fingerprint density at radius 3 is 2.11 bits per heavy atom. The third kappa shape index (κ3) is 9.36. The van der Waals surface area contributed by atoms with Crippen LogP contribution in [0, 0.1) is 29.7 Å². The molecule has 0 fully saturated rings. The summed E-state index contributed by atoms with van der Waals surface area (Å²) < 4.78 is 2.68. The molecule has 295 valence electrons. The van der Waals surface area contributed by atoms with E-state index in [1.165, 1.54) is 54.1 Å². The van der Waals surface area contributed by atoms with E-state index in [4.69, 9.17) is 4.98 Å². The van der Waals surface area contributed by atoms with Crippen molar-refractivity contribution < 1.29 is 30.0 Å². The second-order valence-corrected chi connectivity index (χ2v) is 18.8. The van der Waals surface area contributed by atoms with Crippen LogP contribution >= 0.6 is 22.7 Å². The maximum Gasteiger partial charge on any atom is 0.164 e. The molecule has 6 aromatic rings. The number of benzene rings is 3. The molecule has 0 saturated heterocycles. The van der Waals surface area contributed by atoms with Gasteiger partial charge in [0.25, 0.3) is 0 Å². The van der Waals surface area contributed by atoms with Crippen molar-refractivity contribution in [2.75, 3.05) is 0 Å². The Kier molecular flexibility index (Phi) is 14.6. The molecule has 55 heavy (non-hydrogen) atoms. The topological polar surface area (TPSA) is 50.2 Å². The van der Waals surface area contributed by atoms with Crippen LogP contribution in [0.3, 0.4) is 0 Å². The van der Waals surface area contributed by atoms with Crippen molar-refractivity contribution in [3.05, 3.63) is 99.9 Å². The summed E-state index contributed by atoms with van der Waals surface area (Å²) >= 11 is 3.67. The number of hydrogen-bond donors (Lipinski definition) is 1. The van der Waals surface area contributed by atoms with Gasteiger partial charge in [-0.25, -0.2) is 0 Å². The predicted molar refractivity (Wildman–Crippen MR) is 237 cm³/mol. The zero-order chi connectivity index (χ0) is 39.6. The van der Waals surface area contributed by atoms with Crippen molar-refractivity contribution in [3.63, 3.8) is 0 Å². The van der Waals surface area contributed by atoms with E-state index in [-0.39, 0.29) is 47.9 Å². The van der Waals surface area contributed by atoms with E-state index in [1.54, 1.807) is 11.3 Å². The number of fused-ring (bicyclic) bond motifs is 3. The number of thiophene rings is 2. The summed E-state index contributed by atoms with van der Waals surface area (Å²) in [7, 11) is 0. The van der Waals surface area contributed by atoms with E-state index in [1.807, 2.05) is 52.9 Å². The van der Waals surface area contributed by atoms with E-state index in [2.05, 4.69) is 113 Å². The number of pyridine rings is 1. The smallest absolute Gasteiger partial charge is 0.164 e. The number of aliphatic hydroxyl groups is 1. The van der Waals surface area contributed by atoms with Crippen molar-refractivity contribution in [2.45, 2.75) is 121 Å². The second-order valence-electron chi connectivity index (χ2n) is 17.0. The Balaban J connectivity index is 0.000000320. The third-order valence-corrected chi connectivity index (χ3v) is 13.9. The summed E-state index contributed by atoms with van der Waals surface area (Å²) in [6.07, 6.45) is 5.86. The first-order valence-electron chi connectivity index (χ1n) is 19.8. The summed E-state index contributed by atoms with van der Waals surface area (Å²) in [4.78, 5) is 17.4. The number of aliphatic hydroxyl groups excluding tert-OH is 1. The Morgan fingerprint density at radius 2 is 1.49 bits per heavy atom. The molecule has 0 aliphatic heterocycles. The van der Waals surface area contributed by atoms with Gasteiger partial charge < -0.3 is 5.11 Å². The number of nitrogens with zero attached hydrogens (tertiary/aromatic N) is 1. The van der Waals surface area contributed by atoms with Gasteiger partial charge in [-0.05, 0) is 89.4 Å².